The van der Waals surface area contributed by atoms with E-state index in [1.165, 1.54) is 12.1 Å². The Hall–Kier alpha value is -3.14. The summed E-state index contributed by atoms with van der Waals surface area (Å²) in [6.07, 6.45) is 0.321. The monoisotopic (exact) mass is 505 g/mol. The summed E-state index contributed by atoms with van der Waals surface area (Å²) >= 11 is 0. The second-order valence-electron chi connectivity index (χ2n) is 9.93. The lowest BCUT2D eigenvalue weighted by Gasteiger charge is -2.43. The van der Waals surface area contributed by atoms with E-state index in [9.17, 15) is 27.9 Å². The van der Waals surface area contributed by atoms with E-state index in [1.807, 2.05) is 23.1 Å². The first kappa shape index (κ1) is 25.9. The molecule has 4 rings (SSSR count). The van der Waals surface area contributed by atoms with Gasteiger partial charge < -0.3 is 20.5 Å². The van der Waals surface area contributed by atoms with Gasteiger partial charge in [0.25, 0.3) is 5.91 Å². The van der Waals surface area contributed by atoms with Crippen molar-refractivity contribution in [3.8, 4) is 0 Å². The number of hydrogen-bond donors (Lipinski definition) is 2. The fourth-order valence-electron chi connectivity index (χ4n) is 5.03. The fourth-order valence-corrected chi connectivity index (χ4v) is 5.03. The number of amides is 2. The van der Waals surface area contributed by atoms with Gasteiger partial charge in [-0.25, -0.2) is 4.79 Å². The number of nitrogens with zero attached hydrogens (tertiary/aromatic N) is 2. The minimum Gasteiger partial charge on any atom is -0.449 e. The van der Waals surface area contributed by atoms with E-state index in [4.69, 9.17) is 10.5 Å². The third-order valence-corrected chi connectivity index (χ3v) is 7.43. The highest BCUT2D eigenvalue weighted by Gasteiger charge is 2.51. The highest BCUT2D eigenvalue weighted by atomic mass is 19.4. The standard InChI is InChI=1S/C26H30F3N3O4/c1-24(35,26(27,28)29)18-7-5-17(6-8-18)22(33)32(19-9-10-19)20-11-13-25(14-12-20,16-36-23(30)34)21-4-2-3-15-31-21/h2-8,15,19-20,35H,9-14,16H2,1H3,(H2,30,34)/t20-,24-,25+/m0/s1. The zero-order chi connectivity index (χ0) is 26.1. The number of ether oxygens (including phenoxy) is 1. The topological polar surface area (TPSA) is 106 Å². The first-order valence-corrected chi connectivity index (χ1v) is 12.0. The highest BCUT2D eigenvalue weighted by molar-refractivity contribution is 5.95. The van der Waals surface area contributed by atoms with Gasteiger partial charge in [-0.1, -0.05) is 18.2 Å². The third kappa shape index (κ3) is 5.18. The summed E-state index contributed by atoms with van der Waals surface area (Å²) in [4.78, 5) is 31.1. The van der Waals surface area contributed by atoms with Crippen molar-refractivity contribution in [2.75, 3.05) is 6.61 Å². The Kier molecular flexibility index (Phi) is 7.01. The number of benzene rings is 1. The van der Waals surface area contributed by atoms with Crippen LogP contribution in [0.5, 0.6) is 0 Å². The molecule has 7 nitrogen and oxygen atoms in total. The van der Waals surface area contributed by atoms with Crippen molar-refractivity contribution in [2.24, 2.45) is 5.73 Å². The molecule has 2 saturated carbocycles. The molecule has 0 saturated heterocycles. The smallest absolute Gasteiger partial charge is 0.421 e. The fraction of sp³-hybridized carbons (Fsp3) is 0.500. The molecule has 2 aromatic rings. The molecule has 2 aliphatic rings. The summed E-state index contributed by atoms with van der Waals surface area (Å²) in [5.41, 5.74) is 2.48. The summed E-state index contributed by atoms with van der Waals surface area (Å²) in [5.74, 6) is -0.237. The van der Waals surface area contributed by atoms with Gasteiger partial charge >= 0.3 is 12.3 Å². The zero-order valence-electron chi connectivity index (χ0n) is 20.0. The number of carbonyl (C=O) groups excluding carboxylic acids is 2. The molecule has 2 fully saturated rings. The van der Waals surface area contributed by atoms with Crippen molar-refractivity contribution in [2.45, 2.75) is 74.7 Å². The van der Waals surface area contributed by atoms with Crippen LogP contribution in [0.15, 0.2) is 48.7 Å². The van der Waals surface area contributed by atoms with E-state index < -0.39 is 23.3 Å². The van der Waals surface area contributed by atoms with Crippen LogP contribution in [-0.4, -0.2) is 51.9 Å². The molecule has 0 unspecified atom stereocenters. The minimum absolute atomic E-state index is 0.0617. The Labute approximate surface area is 207 Å². The highest BCUT2D eigenvalue weighted by Crippen LogP contribution is 2.43. The number of aromatic nitrogens is 1. The molecular weight excluding hydrogens is 475 g/mol. The SMILES string of the molecule is C[C@](O)(c1ccc(C(=O)N(C2CC2)[C@H]2CC[C@@](COC(N)=O)(c3ccccn3)CC2)cc1)C(F)(F)F. The number of halogens is 3. The summed E-state index contributed by atoms with van der Waals surface area (Å²) in [7, 11) is 0. The molecule has 0 radical (unpaired) electrons. The molecule has 0 bridgehead atoms. The molecule has 2 aliphatic carbocycles. The van der Waals surface area contributed by atoms with E-state index in [-0.39, 0.29) is 35.7 Å². The lowest BCUT2D eigenvalue weighted by Crippen LogP contribution is -2.48. The number of aliphatic hydroxyl groups is 1. The van der Waals surface area contributed by atoms with Gasteiger partial charge in [0.2, 0.25) is 0 Å². The van der Waals surface area contributed by atoms with E-state index in [0.29, 0.717) is 32.6 Å². The Morgan fingerprint density at radius 1 is 1.08 bits per heavy atom. The molecule has 1 aromatic heterocycles. The maximum atomic E-state index is 13.5. The van der Waals surface area contributed by atoms with Crippen molar-refractivity contribution in [1.29, 1.82) is 0 Å². The Morgan fingerprint density at radius 3 is 2.19 bits per heavy atom. The van der Waals surface area contributed by atoms with Crippen LogP contribution in [0.2, 0.25) is 0 Å². The van der Waals surface area contributed by atoms with Crippen LogP contribution in [0.3, 0.4) is 0 Å². The second kappa shape index (κ2) is 9.72. The maximum Gasteiger partial charge on any atom is 0.421 e. The van der Waals surface area contributed by atoms with Gasteiger partial charge in [0.05, 0.1) is 0 Å². The first-order chi connectivity index (χ1) is 16.9. The maximum absolute atomic E-state index is 13.5. The molecule has 10 heteroatoms. The van der Waals surface area contributed by atoms with Crippen molar-refractivity contribution in [1.82, 2.24) is 9.88 Å². The predicted octanol–water partition coefficient (Wildman–Crippen LogP) is 4.43. The second-order valence-corrected chi connectivity index (χ2v) is 9.93. The molecular formula is C26H30F3N3O4. The van der Waals surface area contributed by atoms with Crippen LogP contribution in [0.1, 0.15) is 67.1 Å². The third-order valence-electron chi connectivity index (χ3n) is 7.43. The number of carbonyl (C=O) groups is 2. The van der Waals surface area contributed by atoms with Gasteiger partial charge in [0.15, 0.2) is 5.60 Å². The van der Waals surface area contributed by atoms with Crippen molar-refractivity contribution >= 4 is 12.0 Å². The van der Waals surface area contributed by atoms with Gasteiger partial charge in [-0.2, -0.15) is 13.2 Å². The number of rotatable bonds is 7. The largest absolute Gasteiger partial charge is 0.449 e. The molecule has 1 heterocycles. The number of pyridine rings is 1. The quantitative estimate of drug-likeness (QED) is 0.579. The normalized spacial score (nSPS) is 24.0. The average Bonchev–Trinajstić information content (AvgIpc) is 3.69. The van der Waals surface area contributed by atoms with Gasteiger partial charge in [-0.05, 0) is 75.3 Å². The first-order valence-electron chi connectivity index (χ1n) is 12.0. The van der Waals surface area contributed by atoms with Crippen LogP contribution in [0.4, 0.5) is 18.0 Å². The lowest BCUT2D eigenvalue weighted by molar-refractivity contribution is -0.258. The van der Waals surface area contributed by atoms with Gasteiger partial charge in [0.1, 0.15) is 6.61 Å². The van der Waals surface area contributed by atoms with Crippen molar-refractivity contribution < 1.29 is 32.6 Å². The average molecular weight is 506 g/mol. The molecule has 194 valence electrons. The molecule has 36 heavy (non-hydrogen) atoms. The number of alkyl halides is 3. The molecule has 1 aromatic carbocycles. The summed E-state index contributed by atoms with van der Waals surface area (Å²) < 4.78 is 44.7. The van der Waals surface area contributed by atoms with Crippen LogP contribution in [0, 0.1) is 0 Å². The summed E-state index contributed by atoms with van der Waals surface area (Å²) in [5, 5.41) is 9.92. The van der Waals surface area contributed by atoms with Crippen LogP contribution in [0.25, 0.3) is 0 Å². The van der Waals surface area contributed by atoms with E-state index in [2.05, 4.69) is 4.98 Å². The Morgan fingerprint density at radius 2 is 1.69 bits per heavy atom. The van der Waals surface area contributed by atoms with Gasteiger partial charge in [-0.3, -0.25) is 9.78 Å². The Bertz CT molecular complexity index is 1080. The number of hydrogen-bond acceptors (Lipinski definition) is 5. The molecule has 3 N–H and O–H groups in total. The minimum atomic E-state index is -4.83. The summed E-state index contributed by atoms with van der Waals surface area (Å²) in [6, 6.07) is 10.6. The van der Waals surface area contributed by atoms with Crippen molar-refractivity contribution in [3.05, 3.63) is 65.5 Å². The predicted molar refractivity (Wildman–Crippen MR) is 125 cm³/mol. The summed E-state index contributed by atoms with van der Waals surface area (Å²) in [6.45, 7) is 0.794. The molecule has 0 aliphatic heterocycles. The van der Waals surface area contributed by atoms with E-state index >= 15 is 0 Å². The lowest BCUT2D eigenvalue weighted by atomic mass is 9.70. The zero-order valence-corrected chi connectivity index (χ0v) is 20.0. The van der Waals surface area contributed by atoms with E-state index in [0.717, 1.165) is 30.7 Å². The van der Waals surface area contributed by atoms with Gasteiger partial charge in [0, 0.05) is 35.0 Å². The van der Waals surface area contributed by atoms with Crippen LogP contribution < -0.4 is 5.73 Å². The van der Waals surface area contributed by atoms with Gasteiger partial charge in [-0.15, -0.1) is 0 Å². The van der Waals surface area contributed by atoms with E-state index in [1.54, 1.807) is 6.20 Å². The molecule has 0 spiro atoms. The van der Waals surface area contributed by atoms with Crippen molar-refractivity contribution in [3.63, 3.8) is 0 Å². The molecule has 1 atom stereocenters. The Balaban J connectivity index is 1.51. The molecule has 2 amide bonds. The number of primary amides is 1. The number of nitrogens with two attached hydrogens (primary N) is 1. The van der Waals surface area contributed by atoms with Crippen LogP contribution in [-0.2, 0) is 15.8 Å². The van der Waals surface area contributed by atoms with Crippen LogP contribution >= 0.6 is 0 Å².